The Labute approximate surface area is 178 Å². The minimum atomic E-state index is -0.279. The fourth-order valence-corrected chi connectivity index (χ4v) is 4.06. The summed E-state index contributed by atoms with van der Waals surface area (Å²) in [6.45, 7) is 2.37. The van der Waals surface area contributed by atoms with Gasteiger partial charge >= 0.3 is 0 Å². The zero-order valence-corrected chi connectivity index (χ0v) is 17.8. The van der Waals surface area contributed by atoms with Gasteiger partial charge in [0.15, 0.2) is 0 Å². The molecule has 0 bridgehead atoms. The third-order valence-electron chi connectivity index (χ3n) is 4.83. The molecule has 5 nitrogen and oxygen atoms in total. The van der Waals surface area contributed by atoms with Gasteiger partial charge in [-0.05, 0) is 55.8 Å². The molecule has 2 amide bonds. The van der Waals surface area contributed by atoms with Gasteiger partial charge in [0.05, 0.1) is 12.6 Å². The lowest BCUT2D eigenvalue weighted by Crippen LogP contribution is -2.41. The minimum Gasteiger partial charge on any atom is -0.353 e. The Morgan fingerprint density at radius 3 is 2.54 bits per heavy atom. The van der Waals surface area contributed by atoms with E-state index in [2.05, 4.69) is 31.5 Å². The number of nitrogens with zero attached hydrogens (tertiary/aromatic N) is 1. The van der Waals surface area contributed by atoms with Crippen LogP contribution >= 0.6 is 27.5 Å². The molecular weight excluding hydrogens is 442 g/mol. The van der Waals surface area contributed by atoms with E-state index >= 15 is 0 Å². The molecule has 0 radical (unpaired) electrons. The molecule has 0 aliphatic carbocycles. The Bertz CT molecular complexity index is 840. The van der Waals surface area contributed by atoms with Crippen LogP contribution in [0.3, 0.4) is 0 Å². The Hall–Kier alpha value is -1.89. The van der Waals surface area contributed by atoms with Crippen LogP contribution in [0, 0.1) is 0 Å². The van der Waals surface area contributed by atoms with Crippen LogP contribution in [0.5, 0.6) is 0 Å². The van der Waals surface area contributed by atoms with Crippen LogP contribution < -0.4 is 10.6 Å². The molecule has 2 aromatic rings. The summed E-state index contributed by atoms with van der Waals surface area (Å²) in [7, 11) is 0. The average Bonchev–Trinajstić information content (AvgIpc) is 3.22. The maximum absolute atomic E-state index is 12.3. The van der Waals surface area contributed by atoms with Crippen molar-refractivity contribution >= 4 is 39.3 Å². The summed E-state index contributed by atoms with van der Waals surface area (Å²) in [5, 5.41) is 6.30. The molecule has 1 heterocycles. The number of hydrogen-bond donors (Lipinski definition) is 2. The van der Waals surface area contributed by atoms with E-state index in [0.29, 0.717) is 17.1 Å². The van der Waals surface area contributed by atoms with E-state index in [-0.39, 0.29) is 24.4 Å². The summed E-state index contributed by atoms with van der Waals surface area (Å²) in [5.74, 6) is -0.502. The van der Waals surface area contributed by atoms with Gasteiger partial charge in [0, 0.05) is 21.6 Å². The van der Waals surface area contributed by atoms with Crippen LogP contribution in [0.2, 0.25) is 5.02 Å². The molecule has 1 aliphatic rings. The highest BCUT2D eigenvalue weighted by Gasteiger charge is 2.25. The molecule has 1 atom stereocenters. The van der Waals surface area contributed by atoms with Crippen molar-refractivity contribution in [2.45, 2.75) is 18.9 Å². The van der Waals surface area contributed by atoms with Crippen LogP contribution in [0.25, 0.3) is 0 Å². The normalized spacial score (nSPS) is 15.2. The summed E-state index contributed by atoms with van der Waals surface area (Å²) in [5.41, 5.74) is 1.53. The van der Waals surface area contributed by atoms with E-state index in [1.54, 1.807) is 18.2 Å². The zero-order chi connectivity index (χ0) is 19.9. The first-order valence-electron chi connectivity index (χ1n) is 9.33. The molecule has 3 rings (SSSR count). The van der Waals surface area contributed by atoms with Gasteiger partial charge in [-0.15, -0.1) is 0 Å². The summed E-state index contributed by atoms with van der Waals surface area (Å²) in [4.78, 5) is 26.8. The SMILES string of the molecule is O=C(CNC(=O)c1cccc(Br)c1)NCC(c1ccccc1Cl)N1CCCC1. The first-order chi connectivity index (χ1) is 13.5. The largest absolute Gasteiger partial charge is 0.353 e. The minimum absolute atomic E-state index is 0.0286. The maximum Gasteiger partial charge on any atom is 0.251 e. The van der Waals surface area contributed by atoms with Crippen molar-refractivity contribution in [3.63, 3.8) is 0 Å². The fraction of sp³-hybridized carbons (Fsp3) is 0.333. The van der Waals surface area contributed by atoms with E-state index in [1.807, 2.05) is 30.3 Å². The van der Waals surface area contributed by atoms with Crippen LogP contribution in [0.1, 0.15) is 34.8 Å². The van der Waals surface area contributed by atoms with Gasteiger partial charge in [0.25, 0.3) is 5.91 Å². The third-order valence-corrected chi connectivity index (χ3v) is 5.67. The predicted molar refractivity (Wildman–Crippen MR) is 114 cm³/mol. The van der Waals surface area contributed by atoms with Gasteiger partial charge in [-0.3, -0.25) is 14.5 Å². The third kappa shape index (κ3) is 5.56. The lowest BCUT2D eigenvalue weighted by atomic mass is 10.1. The highest BCUT2D eigenvalue weighted by atomic mass is 79.9. The Morgan fingerprint density at radius 1 is 1.07 bits per heavy atom. The number of carbonyl (C=O) groups is 2. The van der Waals surface area contributed by atoms with Gasteiger partial charge < -0.3 is 10.6 Å². The number of likely N-dealkylation sites (tertiary alicyclic amines) is 1. The van der Waals surface area contributed by atoms with E-state index < -0.39 is 0 Å². The van der Waals surface area contributed by atoms with Gasteiger partial charge in [-0.2, -0.15) is 0 Å². The second kappa shape index (κ2) is 10.0. The van der Waals surface area contributed by atoms with Crippen molar-refractivity contribution in [3.8, 4) is 0 Å². The quantitative estimate of drug-likeness (QED) is 0.655. The number of carbonyl (C=O) groups excluding carboxylic acids is 2. The number of nitrogens with one attached hydrogen (secondary N) is 2. The number of amides is 2. The van der Waals surface area contributed by atoms with Crippen LogP contribution in [0.4, 0.5) is 0 Å². The molecular formula is C21H23BrClN3O2. The van der Waals surface area contributed by atoms with E-state index in [0.717, 1.165) is 36.0 Å². The van der Waals surface area contributed by atoms with E-state index in [4.69, 9.17) is 11.6 Å². The molecule has 1 fully saturated rings. The highest BCUT2D eigenvalue weighted by molar-refractivity contribution is 9.10. The lowest BCUT2D eigenvalue weighted by molar-refractivity contribution is -0.120. The Morgan fingerprint density at radius 2 is 1.82 bits per heavy atom. The molecule has 0 aromatic heterocycles. The number of rotatable bonds is 7. The number of benzene rings is 2. The van der Waals surface area contributed by atoms with Crippen molar-refractivity contribution < 1.29 is 9.59 Å². The summed E-state index contributed by atoms with van der Waals surface area (Å²) in [6, 6.07) is 14.8. The second-order valence-corrected chi connectivity index (χ2v) is 8.10. The van der Waals surface area contributed by atoms with Crippen molar-refractivity contribution in [1.29, 1.82) is 0 Å². The molecule has 2 aromatic carbocycles. The van der Waals surface area contributed by atoms with Crippen molar-refractivity contribution in [2.24, 2.45) is 0 Å². The van der Waals surface area contributed by atoms with Crippen molar-refractivity contribution in [3.05, 3.63) is 69.2 Å². The monoisotopic (exact) mass is 463 g/mol. The molecule has 1 saturated heterocycles. The number of halogens is 2. The summed E-state index contributed by atoms with van der Waals surface area (Å²) >= 11 is 9.73. The molecule has 7 heteroatoms. The standard InChI is InChI=1S/C21H23BrClN3O2/c22-16-7-5-6-15(12-16)21(28)25-14-20(27)24-13-19(26-10-3-4-11-26)17-8-1-2-9-18(17)23/h1-2,5-9,12,19H,3-4,10-11,13-14H2,(H,24,27)(H,25,28). The molecule has 2 N–H and O–H groups in total. The van der Waals surface area contributed by atoms with Crippen molar-refractivity contribution in [1.82, 2.24) is 15.5 Å². The molecule has 1 unspecified atom stereocenters. The van der Waals surface area contributed by atoms with Crippen LogP contribution in [0.15, 0.2) is 53.0 Å². The molecule has 1 aliphatic heterocycles. The maximum atomic E-state index is 12.3. The van der Waals surface area contributed by atoms with Gasteiger partial charge in [-0.1, -0.05) is 51.8 Å². The highest BCUT2D eigenvalue weighted by Crippen LogP contribution is 2.29. The molecule has 28 heavy (non-hydrogen) atoms. The fourth-order valence-electron chi connectivity index (χ4n) is 3.40. The van der Waals surface area contributed by atoms with Gasteiger partial charge in [0.1, 0.15) is 0 Å². The second-order valence-electron chi connectivity index (χ2n) is 6.78. The van der Waals surface area contributed by atoms with Crippen LogP contribution in [-0.4, -0.2) is 42.9 Å². The Kier molecular flexibility index (Phi) is 7.48. The molecule has 148 valence electrons. The Balaban J connectivity index is 1.56. The van der Waals surface area contributed by atoms with E-state index in [1.165, 1.54) is 0 Å². The zero-order valence-electron chi connectivity index (χ0n) is 15.5. The smallest absolute Gasteiger partial charge is 0.251 e. The lowest BCUT2D eigenvalue weighted by Gasteiger charge is -2.29. The summed E-state index contributed by atoms with van der Waals surface area (Å²) in [6.07, 6.45) is 2.30. The first-order valence-corrected chi connectivity index (χ1v) is 10.5. The summed E-state index contributed by atoms with van der Waals surface area (Å²) < 4.78 is 0.817. The van der Waals surface area contributed by atoms with Gasteiger partial charge in [-0.25, -0.2) is 0 Å². The van der Waals surface area contributed by atoms with Crippen LogP contribution in [-0.2, 0) is 4.79 Å². The topological polar surface area (TPSA) is 61.4 Å². The number of hydrogen-bond acceptors (Lipinski definition) is 3. The average molecular weight is 465 g/mol. The van der Waals surface area contributed by atoms with Crippen molar-refractivity contribution in [2.75, 3.05) is 26.2 Å². The van der Waals surface area contributed by atoms with E-state index in [9.17, 15) is 9.59 Å². The molecule has 0 saturated carbocycles. The predicted octanol–water partition coefficient (Wildman–Crippen LogP) is 3.79. The van der Waals surface area contributed by atoms with Gasteiger partial charge in [0.2, 0.25) is 5.91 Å². The first kappa shape index (κ1) is 20.8. The molecule has 0 spiro atoms.